The summed E-state index contributed by atoms with van der Waals surface area (Å²) in [7, 11) is 0. The summed E-state index contributed by atoms with van der Waals surface area (Å²) in [6, 6.07) is 2.04. The molecule has 1 nitrogen and oxygen atoms in total. The van der Waals surface area contributed by atoms with Gasteiger partial charge in [-0.15, -0.1) is 11.3 Å². The molecule has 0 atom stereocenters. The fraction of sp³-hybridized carbons (Fsp3) is 0.636. The molecular formula is C11H16ClNS. The summed E-state index contributed by atoms with van der Waals surface area (Å²) in [5, 5.41) is 6.36. The zero-order valence-electron chi connectivity index (χ0n) is 8.48. The van der Waals surface area contributed by atoms with Crippen LogP contribution in [0.3, 0.4) is 0 Å². The van der Waals surface area contributed by atoms with Gasteiger partial charge in [0.05, 0.1) is 5.02 Å². The molecule has 1 heterocycles. The van der Waals surface area contributed by atoms with E-state index >= 15 is 0 Å². The highest BCUT2D eigenvalue weighted by Crippen LogP contribution is 2.39. The molecule has 14 heavy (non-hydrogen) atoms. The first-order valence-corrected chi connectivity index (χ1v) is 6.37. The Kier molecular flexibility index (Phi) is 3.15. The molecule has 0 saturated heterocycles. The third kappa shape index (κ3) is 2.50. The Hall–Kier alpha value is -0.0500. The van der Waals surface area contributed by atoms with E-state index in [-0.39, 0.29) is 0 Å². The van der Waals surface area contributed by atoms with Gasteiger partial charge < -0.3 is 5.32 Å². The van der Waals surface area contributed by atoms with E-state index in [4.69, 9.17) is 11.6 Å². The molecule has 3 heteroatoms. The summed E-state index contributed by atoms with van der Waals surface area (Å²) in [5.74, 6) is 0. The lowest BCUT2D eigenvalue weighted by Crippen LogP contribution is -2.36. The normalized spacial score (nSPS) is 19.3. The van der Waals surface area contributed by atoms with E-state index in [1.807, 2.05) is 11.4 Å². The Morgan fingerprint density at radius 3 is 2.86 bits per heavy atom. The molecule has 0 amide bonds. The Bertz CT molecular complexity index is 304. The first kappa shape index (κ1) is 10.5. The molecule has 2 rings (SSSR count). The number of hydrogen-bond acceptors (Lipinski definition) is 2. The first-order valence-electron chi connectivity index (χ1n) is 5.12. The van der Waals surface area contributed by atoms with Gasteiger partial charge in [-0.25, -0.2) is 0 Å². The summed E-state index contributed by atoms with van der Waals surface area (Å²) in [4.78, 5) is 1.33. The van der Waals surface area contributed by atoms with Crippen LogP contribution in [0, 0.1) is 5.41 Å². The van der Waals surface area contributed by atoms with E-state index in [1.54, 1.807) is 11.3 Å². The lowest BCUT2D eigenvalue weighted by molar-refractivity contribution is 0.156. The van der Waals surface area contributed by atoms with Crippen LogP contribution in [0.1, 0.15) is 31.1 Å². The molecule has 1 fully saturated rings. The predicted octanol–water partition coefficient (Wildman–Crippen LogP) is 3.68. The number of halogens is 1. The van der Waals surface area contributed by atoms with Gasteiger partial charge >= 0.3 is 0 Å². The Labute approximate surface area is 94.5 Å². The average molecular weight is 230 g/mol. The van der Waals surface area contributed by atoms with Gasteiger partial charge in [-0.2, -0.15) is 0 Å². The summed E-state index contributed by atoms with van der Waals surface area (Å²) in [5.41, 5.74) is 0.570. The highest BCUT2D eigenvalue weighted by molar-refractivity contribution is 7.10. The Balaban J connectivity index is 1.72. The molecule has 0 aromatic carbocycles. The van der Waals surface area contributed by atoms with Gasteiger partial charge in [0, 0.05) is 23.3 Å². The molecule has 1 saturated carbocycles. The van der Waals surface area contributed by atoms with Gasteiger partial charge in [-0.05, 0) is 24.3 Å². The third-order valence-corrected chi connectivity index (χ3v) is 4.32. The van der Waals surface area contributed by atoms with Crippen molar-refractivity contribution in [3.63, 3.8) is 0 Å². The topological polar surface area (TPSA) is 12.0 Å². The van der Waals surface area contributed by atoms with Crippen LogP contribution in [0.5, 0.6) is 0 Å². The van der Waals surface area contributed by atoms with Crippen molar-refractivity contribution in [2.24, 2.45) is 5.41 Å². The minimum atomic E-state index is 0.570. The van der Waals surface area contributed by atoms with Crippen LogP contribution < -0.4 is 5.32 Å². The molecule has 0 bridgehead atoms. The van der Waals surface area contributed by atoms with Crippen LogP contribution in [0.2, 0.25) is 5.02 Å². The van der Waals surface area contributed by atoms with Crippen molar-refractivity contribution in [2.45, 2.75) is 32.7 Å². The Morgan fingerprint density at radius 1 is 1.57 bits per heavy atom. The predicted molar refractivity (Wildman–Crippen MR) is 63.0 cm³/mol. The number of thiophene rings is 1. The number of nitrogens with one attached hydrogen (secondary N) is 1. The van der Waals surface area contributed by atoms with Crippen molar-refractivity contribution in [1.82, 2.24) is 5.32 Å². The molecule has 0 spiro atoms. The van der Waals surface area contributed by atoms with E-state index in [0.29, 0.717) is 5.41 Å². The van der Waals surface area contributed by atoms with Crippen molar-refractivity contribution in [1.29, 1.82) is 0 Å². The average Bonchev–Trinajstić information content (AvgIpc) is 2.49. The summed E-state index contributed by atoms with van der Waals surface area (Å²) >= 11 is 7.58. The van der Waals surface area contributed by atoms with Crippen molar-refractivity contribution >= 4 is 22.9 Å². The summed E-state index contributed by atoms with van der Waals surface area (Å²) in [6.07, 6.45) is 4.17. The molecular weight excluding hydrogens is 214 g/mol. The maximum atomic E-state index is 5.85. The van der Waals surface area contributed by atoms with Gasteiger partial charge in [0.2, 0.25) is 0 Å². The van der Waals surface area contributed by atoms with E-state index < -0.39 is 0 Å². The fourth-order valence-electron chi connectivity index (χ4n) is 1.89. The smallest absolute Gasteiger partial charge is 0.0516 e. The highest BCUT2D eigenvalue weighted by Gasteiger charge is 2.30. The van der Waals surface area contributed by atoms with E-state index in [0.717, 1.165) is 18.1 Å². The van der Waals surface area contributed by atoms with Gasteiger partial charge in [0.1, 0.15) is 0 Å². The van der Waals surface area contributed by atoms with Gasteiger partial charge in [-0.3, -0.25) is 0 Å². The molecule has 1 N–H and O–H groups in total. The van der Waals surface area contributed by atoms with Crippen LogP contribution >= 0.6 is 22.9 Å². The second-order valence-electron chi connectivity index (χ2n) is 4.50. The monoisotopic (exact) mass is 229 g/mol. The lowest BCUT2D eigenvalue weighted by Gasteiger charge is -2.38. The zero-order chi connectivity index (χ0) is 10.0. The van der Waals surface area contributed by atoms with Gasteiger partial charge in [0.15, 0.2) is 0 Å². The standard InChI is InChI=1S/C11H16ClNS/c1-11(3-2-4-11)8-13-6-10-5-9(12)7-14-10/h5,7,13H,2-4,6,8H2,1H3. The molecule has 1 aromatic rings. The molecule has 1 aromatic heterocycles. The van der Waals surface area contributed by atoms with Crippen molar-refractivity contribution in [2.75, 3.05) is 6.54 Å². The quantitative estimate of drug-likeness (QED) is 0.831. The van der Waals surface area contributed by atoms with Crippen LogP contribution in [-0.2, 0) is 6.54 Å². The van der Waals surface area contributed by atoms with E-state index in [1.165, 1.54) is 24.1 Å². The number of rotatable bonds is 4. The molecule has 0 unspecified atom stereocenters. The maximum Gasteiger partial charge on any atom is 0.0516 e. The second kappa shape index (κ2) is 4.21. The third-order valence-electron chi connectivity index (χ3n) is 3.03. The Morgan fingerprint density at radius 2 is 2.36 bits per heavy atom. The SMILES string of the molecule is CC1(CNCc2cc(Cl)cs2)CCC1. The van der Waals surface area contributed by atoms with Crippen LogP contribution in [0.25, 0.3) is 0 Å². The minimum absolute atomic E-state index is 0.570. The van der Waals surface area contributed by atoms with Crippen molar-refractivity contribution in [3.05, 3.63) is 21.3 Å². The fourth-order valence-corrected chi connectivity index (χ4v) is 2.93. The lowest BCUT2D eigenvalue weighted by atomic mass is 9.70. The maximum absolute atomic E-state index is 5.85. The van der Waals surface area contributed by atoms with Crippen molar-refractivity contribution < 1.29 is 0 Å². The molecule has 0 radical (unpaired) electrons. The molecule has 78 valence electrons. The summed E-state index contributed by atoms with van der Waals surface area (Å²) in [6.45, 7) is 4.47. The van der Waals surface area contributed by atoms with Crippen molar-refractivity contribution in [3.8, 4) is 0 Å². The second-order valence-corrected chi connectivity index (χ2v) is 5.93. The first-order chi connectivity index (χ1) is 6.68. The van der Waals surface area contributed by atoms with Crippen LogP contribution in [-0.4, -0.2) is 6.54 Å². The largest absolute Gasteiger partial charge is 0.311 e. The van der Waals surface area contributed by atoms with Gasteiger partial charge in [-0.1, -0.05) is 24.9 Å². The highest BCUT2D eigenvalue weighted by atomic mass is 35.5. The van der Waals surface area contributed by atoms with Crippen LogP contribution in [0.4, 0.5) is 0 Å². The van der Waals surface area contributed by atoms with Gasteiger partial charge in [0.25, 0.3) is 0 Å². The number of hydrogen-bond donors (Lipinski definition) is 1. The molecule has 1 aliphatic carbocycles. The summed E-state index contributed by atoms with van der Waals surface area (Å²) < 4.78 is 0. The minimum Gasteiger partial charge on any atom is -0.311 e. The molecule has 1 aliphatic rings. The zero-order valence-corrected chi connectivity index (χ0v) is 10.0. The van der Waals surface area contributed by atoms with Crippen LogP contribution in [0.15, 0.2) is 11.4 Å². The van der Waals surface area contributed by atoms with E-state index in [9.17, 15) is 0 Å². The van der Waals surface area contributed by atoms with E-state index in [2.05, 4.69) is 12.2 Å². The molecule has 0 aliphatic heterocycles.